The largest absolute Gasteiger partial charge is 0.394 e. The summed E-state index contributed by atoms with van der Waals surface area (Å²) in [6, 6.07) is 8.85. The Balaban J connectivity index is 1.71. The molecule has 0 unspecified atom stereocenters. The van der Waals surface area contributed by atoms with Gasteiger partial charge in [-0.25, -0.2) is 4.79 Å². The zero-order chi connectivity index (χ0) is 20.1. The third-order valence-corrected chi connectivity index (χ3v) is 5.70. The number of likely N-dealkylation sites (tertiary alicyclic amines) is 1. The van der Waals surface area contributed by atoms with E-state index in [0.29, 0.717) is 5.92 Å². The summed E-state index contributed by atoms with van der Waals surface area (Å²) in [4.78, 5) is 13.8. The van der Waals surface area contributed by atoms with Crippen LogP contribution in [-0.4, -0.2) is 40.8 Å². The molecule has 0 bridgehead atoms. The molecule has 28 heavy (non-hydrogen) atoms. The molecule has 5 nitrogen and oxygen atoms in total. The van der Waals surface area contributed by atoms with E-state index >= 15 is 0 Å². The van der Waals surface area contributed by atoms with Gasteiger partial charge in [0.05, 0.1) is 18.7 Å². The Kier molecular flexibility index (Phi) is 6.60. The number of hydrogen-bond acceptors (Lipinski definition) is 3. The van der Waals surface area contributed by atoms with Gasteiger partial charge in [0.2, 0.25) is 0 Å². The second-order valence-electron chi connectivity index (χ2n) is 8.09. The molecule has 1 aromatic carbocycles. The van der Waals surface area contributed by atoms with Crippen LogP contribution in [0.5, 0.6) is 0 Å². The van der Waals surface area contributed by atoms with Crippen molar-refractivity contribution in [3.05, 3.63) is 35.4 Å². The Labute approximate surface area is 167 Å². The smallest absolute Gasteiger partial charge is 0.319 e. The number of aliphatic hydroxyl groups excluding tert-OH is 1. The molecule has 2 fully saturated rings. The summed E-state index contributed by atoms with van der Waals surface area (Å²) >= 11 is 0. The lowest BCUT2D eigenvalue weighted by molar-refractivity contribution is 0.0162. The minimum Gasteiger partial charge on any atom is -0.394 e. The van der Waals surface area contributed by atoms with Crippen molar-refractivity contribution in [2.45, 2.75) is 70.0 Å². The highest BCUT2D eigenvalue weighted by Crippen LogP contribution is 2.40. The van der Waals surface area contributed by atoms with Crippen molar-refractivity contribution < 1.29 is 9.90 Å². The number of nitrogens with one attached hydrogen (secondary N) is 1. The highest BCUT2D eigenvalue weighted by Gasteiger charge is 2.51. The van der Waals surface area contributed by atoms with Crippen molar-refractivity contribution in [1.29, 1.82) is 5.26 Å². The normalized spacial score (nSPS) is 24.7. The number of carbonyl (C=O) groups is 1. The van der Waals surface area contributed by atoms with E-state index in [1.54, 1.807) is 0 Å². The van der Waals surface area contributed by atoms with Crippen molar-refractivity contribution in [1.82, 2.24) is 10.2 Å². The first-order valence-corrected chi connectivity index (χ1v) is 10.3. The van der Waals surface area contributed by atoms with Crippen LogP contribution in [0.3, 0.4) is 0 Å². The number of nitriles is 1. The van der Waals surface area contributed by atoms with E-state index in [0.717, 1.165) is 11.1 Å². The minimum absolute atomic E-state index is 0.0211. The number of hydrogen-bond donors (Lipinski definition) is 2. The molecule has 1 aromatic rings. The molecule has 0 radical (unpaired) electrons. The number of benzene rings is 1. The standard InChI is InChI=1S/C23H29N3O2/c1-16(2)25-23(28)26-20(14-24)22(21(26)15-27)19-12-10-18(11-13-19)9-8-17-6-4-3-5-7-17/h10-13,16-17,20-22,27H,3-7,15H2,1-2H3,(H,25,28)/t20-,21-,22-/m0/s1. The van der Waals surface area contributed by atoms with Crippen LogP contribution in [0.2, 0.25) is 0 Å². The molecule has 5 heteroatoms. The number of aliphatic hydroxyl groups is 1. The summed E-state index contributed by atoms with van der Waals surface area (Å²) in [6.45, 7) is 3.58. The molecule has 1 saturated heterocycles. The molecule has 1 saturated carbocycles. The summed E-state index contributed by atoms with van der Waals surface area (Å²) < 4.78 is 0. The van der Waals surface area contributed by atoms with Gasteiger partial charge in [0.15, 0.2) is 0 Å². The molecule has 2 aliphatic rings. The highest BCUT2D eigenvalue weighted by atomic mass is 16.3. The highest BCUT2D eigenvalue weighted by molar-refractivity contribution is 5.77. The lowest BCUT2D eigenvalue weighted by atomic mass is 9.76. The van der Waals surface area contributed by atoms with Gasteiger partial charge in [-0.1, -0.05) is 43.2 Å². The number of urea groups is 1. The van der Waals surface area contributed by atoms with Gasteiger partial charge >= 0.3 is 6.03 Å². The maximum absolute atomic E-state index is 12.4. The van der Waals surface area contributed by atoms with Crippen LogP contribution in [0.25, 0.3) is 0 Å². The predicted molar refractivity (Wildman–Crippen MR) is 108 cm³/mol. The lowest BCUT2D eigenvalue weighted by Gasteiger charge is -2.51. The van der Waals surface area contributed by atoms with E-state index in [-0.39, 0.29) is 30.6 Å². The summed E-state index contributed by atoms with van der Waals surface area (Å²) in [7, 11) is 0. The van der Waals surface area contributed by atoms with Crippen LogP contribution >= 0.6 is 0 Å². The maximum Gasteiger partial charge on any atom is 0.319 e. The van der Waals surface area contributed by atoms with Gasteiger partial charge < -0.3 is 15.3 Å². The number of carbonyl (C=O) groups excluding carboxylic acids is 1. The molecule has 0 spiro atoms. The molecule has 1 aliphatic heterocycles. The van der Waals surface area contributed by atoms with Gasteiger partial charge in [-0.2, -0.15) is 5.26 Å². The third kappa shape index (κ3) is 4.32. The quantitative estimate of drug-likeness (QED) is 0.791. The average molecular weight is 380 g/mol. The Morgan fingerprint density at radius 3 is 2.50 bits per heavy atom. The first-order valence-electron chi connectivity index (χ1n) is 10.3. The monoisotopic (exact) mass is 379 g/mol. The lowest BCUT2D eigenvalue weighted by Crippen LogP contribution is -2.67. The summed E-state index contributed by atoms with van der Waals surface area (Å²) in [5.74, 6) is 6.99. The molecule has 3 atom stereocenters. The van der Waals surface area contributed by atoms with E-state index in [2.05, 4.69) is 23.2 Å². The number of amides is 2. The average Bonchev–Trinajstić information content (AvgIpc) is 2.67. The SMILES string of the molecule is CC(C)NC(=O)N1[C@@H](C#N)[C@H](c2ccc(C#CC3CCCCC3)cc2)[C@@H]1CO. The van der Waals surface area contributed by atoms with Crippen molar-refractivity contribution in [3.63, 3.8) is 0 Å². The van der Waals surface area contributed by atoms with E-state index in [4.69, 9.17) is 0 Å². The minimum atomic E-state index is -0.574. The Bertz CT molecular complexity index is 779. The van der Waals surface area contributed by atoms with E-state index in [1.165, 1.54) is 37.0 Å². The molecular formula is C23H29N3O2. The molecular weight excluding hydrogens is 350 g/mol. The second kappa shape index (κ2) is 9.13. The molecule has 2 N–H and O–H groups in total. The van der Waals surface area contributed by atoms with Crippen LogP contribution < -0.4 is 5.32 Å². The summed E-state index contributed by atoms with van der Waals surface area (Å²) in [5.41, 5.74) is 1.93. The fourth-order valence-corrected chi connectivity index (χ4v) is 4.23. The van der Waals surface area contributed by atoms with Gasteiger partial charge in [0.25, 0.3) is 0 Å². The van der Waals surface area contributed by atoms with Crippen molar-refractivity contribution in [2.75, 3.05) is 6.61 Å². The van der Waals surface area contributed by atoms with Crippen LogP contribution in [-0.2, 0) is 0 Å². The van der Waals surface area contributed by atoms with Crippen molar-refractivity contribution >= 4 is 6.03 Å². The van der Waals surface area contributed by atoms with E-state index in [1.807, 2.05) is 38.1 Å². The van der Waals surface area contributed by atoms with Gasteiger partial charge in [-0.05, 0) is 44.4 Å². The molecule has 1 aliphatic carbocycles. The van der Waals surface area contributed by atoms with E-state index in [9.17, 15) is 15.2 Å². The van der Waals surface area contributed by atoms with Gasteiger partial charge in [-0.3, -0.25) is 0 Å². The predicted octanol–water partition coefficient (Wildman–Crippen LogP) is 3.39. The molecule has 0 aromatic heterocycles. The molecule has 148 valence electrons. The third-order valence-electron chi connectivity index (χ3n) is 5.70. The van der Waals surface area contributed by atoms with Crippen LogP contribution in [0.1, 0.15) is 63.0 Å². The molecule has 1 heterocycles. The van der Waals surface area contributed by atoms with E-state index < -0.39 is 6.04 Å². The first kappa shape index (κ1) is 20.2. The van der Waals surface area contributed by atoms with Gasteiger partial charge in [-0.15, -0.1) is 0 Å². The summed E-state index contributed by atoms with van der Waals surface area (Å²) in [6.07, 6.45) is 6.28. The Morgan fingerprint density at radius 1 is 1.25 bits per heavy atom. The molecule has 3 rings (SSSR count). The number of rotatable bonds is 3. The van der Waals surface area contributed by atoms with Crippen LogP contribution in [0.4, 0.5) is 4.79 Å². The van der Waals surface area contributed by atoms with Crippen LogP contribution in [0, 0.1) is 29.1 Å². The van der Waals surface area contributed by atoms with Gasteiger partial charge in [0.1, 0.15) is 6.04 Å². The maximum atomic E-state index is 12.4. The topological polar surface area (TPSA) is 76.4 Å². The number of nitrogens with zero attached hydrogens (tertiary/aromatic N) is 2. The molecule has 2 amide bonds. The summed E-state index contributed by atoms with van der Waals surface area (Å²) in [5, 5.41) is 22.2. The van der Waals surface area contributed by atoms with Crippen molar-refractivity contribution in [3.8, 4) is 17.9 Å². The Morgan fingerprint density at radius 2 is 1.93 bits per heavy atom. The van der Waals surface area contributed by atoms with Gasteiger partial charge in [0, 0.05) is 23.4 Å². The van der Waals surface area contributed by atoms with Crippen molar-refractivity contribution in [2.24, 2.45) is 5.92 Å². The fourth-order valence-electron chi connectivity index (χ4n) is 4.23. The zero-order valence-corrected chi connectivity index (χ0v) is 16.7. The second-order valence-corrected chi connectivity index (χ2v) is 8.09. The first-order chi connectivity index (χ1) is 13.5. The van der Waals surface area contributed by atoms with Crippen LogP contribution in [0.15, 0.2) is 24.3 Å². The Hall–Kier alpha value is -2.50. The fraction of sp³-hybridized carbons (Fsp3) is 0.565. The zero-order valence-electron chi connectivity index (χ0n) is 16.7.